The lowest BCUT2D eigenvalue weighted by Gasteiger charge is -2.20. The average molecular weight is 313 g/mol. The van der Waals surface area contributed by atoms with Gasteiger partial charge in [-0.3, -0.25) is 0 Å². The van der Waals surface area contributed by atoms with Crippen molar-refractivity contribution in [1.29, 1.82) is 15.8 Å². The lowest BCUT2D eigenvalue weighted by atomic mass is 9.94. The van der Waals surface area contributed by atoms with Gasteiger partial charge in [0.1, 0.15) is 29.4 Å². The third-order valence-corrected chi connectivity index (χ3v) is 3.53. The van der Waals surface area contributed by atoms with Crippen LogP contribution in [0.4, 0.5) is 0 Å². The van der Waals surface area contributed by atoms with Crippen molar-refractivity contribution >= 4 is 6.08 Å². The van der Waals surface area contributed by atoms with Gasteiger partial charge in [-0.05, 0) is 19.4 Å². The second-order valence-corrected chi connectivity index (χ2v) is 5.57. The molecule has 0 saturated carbocycles. The maximum Gasteiger partial charge on any atom is 0.172 e. The zero-order chi connectivity index (χ0) is 17.6. The monoisotopic (exact) mass is 313 g/mol. The molecule has 1 heterocycles. The zero-order valence-electron chi connectivity index (χ0n) is 13.4. The minimum Gasteiger partial charge on any atom is -0.480 e. The molecule has 1 aliphatic heterocycles. The van der Waals surface area contributed by atoms with Gasteiger partial charge in [0.05, 0.1) is 0 Å². The van der Waals surface area contributed by atoms with Crippen LogP contribution in [0.25, 0.3) is 6.08 Å². The van der Waals surface area contributed by atoms with Crippen LogP contribution in [0.3, 0.4) is 0 Å². The van der Waals surface area contributed by atoms with Crippen LogP contribution in [0.15, 0.2) is 71.0 Å². The highest BCUT2D eigenvalue weighted by molar-refractivity contribution is 5.60. The molecular weight excluding hydrogens is 298 g/mol. The molecule has 0 bridgehead atoms. The molecule has 1 aromatic carbocycles. The van der Waals surface area contributed by atoms with Gasteiger partial charge in [0.15, 0.2) is 11.3 Å². The Morgan fingerprint density at radius 3 is 2.21 bits per heavy atom. The molecule has 0 N–H and O–H groups in total. The number of benzene rings is 1. The zero-order valence-corrected chi connectivity index (χ0v) is 13.4. The Bertz CT molecular complexity index is 864. The van der Waals surface area contributed by atoms with E-state index in [0.717, 1.165) is 5.56 Å². The van der Waals surface area contributed by atoms with Gasteiger partial charge in [-0.25, -0.2) is 0 Å². The summed E-state index contributed by atoms with van der Waals surface area (Å²) in [5, 5.41) is 27.5. The highest BCUT2D eigenvalue weighted by Crippen LogP contribution is 2.40. The maximum absolute atomic E-state index is 9.42. The normalized spacial score (nSPS) is 15.9. The SMILES string of the molecule is CC1(C)OC(=C(C#N)C#N)C(C#N)=C1/C=C/C=C/c1ccccc1. The largest absolute Gasteiger partial charge is 0.480 e. The molecule has 0 atom stereocenters. The fourth-order valence-corrected chi connectivity index (χ4v) is 2.36. The first kappa shape index (κ1) is 16.8. The minimum atomic E-state index is -0.781. The van der Waals surface area contributed by atoms with E-state index in [4.69, 9.17) is 15.3 Å². The van der Waals surface area contributed by atoms with Crippen molar-refractivity contribution in [1.82, 2.24) is 0 Å². The molecule has 24 heavy (non-hydrogen) atoms. The topological polar surface area (TPSA) is 80.6 Å². The van der Waals surface area contributed by atoms with E-state index in [1.807, 2.05) is 54.6 Å². The van der Waals surface area contributed by atoms with E-state index in [1.54, 1.807) is 32.1 Å². The maximum atomic E-state index is 9.42. The molecule has 0 fully saturated rings. The average Bonchev–Trinajstić information content (AvgIpc) is 2.84. The van der Waals surface area contributed by atoms with Crippen LogP contribution in [-0.4, -0.2) is 5.60 Å². The Morgan fingerprint density at radius 1 is 1.00 bits per heavy atom. The van der Waals surface area contributed by atoms with Gasteiger partial charge in [0, 0.05) is 5.57 Å². The Morgan fingerprint density at radius 2 is 1.62 bits per heavy atom. The molecule has 0 unspecified atom stereocenters. The summed E-state index contributed by atoms with van der Waals surface area (Å²) < 4.78 is 5.69. The fraction of sp³-hybridized carbons (Fsp3) is 0.150. The minimum absolute atomic E-state index is 0.0548. The van der Waals surface area contributed by atoms with Crippen molar-refractivity contribution in [2.24, 2.45) is 0 Å². The van der Waals surface area contributed by atoms with Gasteiger partial charge in [0.2, 0.25) is 0 Å². The molecule has 1 aromatic rings. The van der Waals surface area contributed by atoms with E-state index < -0.39 is 5.60 Å². The summed E-state index contributed by atoms with van der Waals surface area (Å²) in [6.07, 6.45) is 7.40. The van der Waals surface area contributed by atoms with Crippen LogP contribution in [0, 0.1) is 34.0 Å². The van der Waals surface area contributed by atoms with Crippen LogP contribution < -0.4 is 0 Å². The van der Waals surface area contributed by atoms with E-state index in [0.29, 0.717) is 5.57 Å². The first-order valence-corrected chi connectivity index (χ1v) is 7.32. The first-order valence-electron chi connectivity index (χ1n) is 7.32. The molecule has 1 aliphatic rings. The summed E-state index contributed by atoms with van der Waals surface area (Å²) in [5.74, 6) is 0.0548. The number of hydrogen-bond acceptors (Lipinski definition) is 4. The highest BCUT2D eigenvalue weighted by atomic mass is 16.5. The van der Waals surface area contributed by atoms with E-state index >= 15 is 0 Å². The third-order valence-electron chi connectivity index (χ3n) is 3.53. The molecule has 0 aliphatic carbocycles. The molecular formula is C20H15N3O. The van der Waals surface area contributed by atoms with Gasteiger partial charge in [0.25, 0.3) is 0 Å². The van der Waals surface area contributed by atoms with Crippen molar-refractivity contribution in [2.75, 3.05) is 0 Å². The van der Waals surface area contributed by atoms with Gasteiger partial charge in [-0.2, -0.15) is 15.8 Å². The smallest absolute Gasteiger partial charge is 0.172 e. The summed E-state index contributed by atoms with van der Waals surface area (Å²) in [4.78, 5) is 0. The van der Waals surface area contributed by atoms with Crippen molar-refractivity contribution in [2.45, 2.75) is 19.4 Å². The summed E-state index contributed by atoms with van der Waals surface area (Å²) in [7, 11) is 0. The van der Waals surface area contributed by atoms with Crippen molar-refractivity contribution < 1.29 is 4.74 Å². The number of allylic oxidation sites excluding steroid dienone is 4. The van der Waals surface area contributed by atoms with Crippen LogP contribution >= 0.6 is 0 Å². The van der Waals surface area contributed by atoms with Crippen LogP contribution in [0.1, 0.15) is 19.4 Å². The summed E-state index contributed by atoms with van der Waals surface area (Å²) in [6, 6.07) is 15.4. The van der Waals surface area contributed by atoms with Crippen LogP contribution in [-0.2, 0) is 4.74 Å². The molecule has 4 nitrogen and oxygen atoms in total. The second-order valence-electron chi connectivity index (χ2n) is 5.57. The first-order chi connectivity index (χ1) is 11.5. The standard InChI is InChI=1S/C20H15N3O/c1-20(2)18(11-7-6-10-15-8-4-3-5-9-15)17(14-23)19(24-20)16(12-21)13-22/h3-11H,1-2H3/b10-6+,11-7+. The van der Waals surface area contributed by atoms with Crippen molar-refractivity contribution in [3.8, 4) is 18.2 Å². The molecule has 2 rings (SSSR count). The Labute approximate surface area is 141 Å². The van der Waals surface area contributed by atoms with E-state index in [1.165, 1.54) is 0 Å². The number of nitrogens with zero attached hydrogens (tertiary/aromatic N) is 3. The number of rotatable bonds is 3. The number of nitriles is 3. The highest BCUT2D eigenvalue weighted by Gasteiger charge is 2.38. The lowest BCUT2D eigenvalue weighted by molar-refractivity contribution is 0.0954. The van der Waals surface area contributed by atoms with Gasteiger partial charge in [-0.1, -0.05) is 54.6 Å². The van der Waals surface area contributed by atoms with Crippen molar-refractivity contribution in [3.63, 3.8) is 0 Å². The van der Waals surface area contributed by atoms with Gasteiger partial charge >= 0.3 is 0 Å². The Kier molecular flexibility index (Phi) is 5.00. The summed E-state index contributed by atoms with van der Waals surface area (Å²) >= 11 is 0. The predicted octanol–water partition coefficient (Wildman–Crippen LogP) is 4.19. The van der Waals surface area contributed by atoms with Crippen LogP contribution in [0.2, 0.25) is 0 Å². The fourth-order valence-electron chi connectivity index (χ4n) is 2.36. The molecule has 0 saturated heterocycles. The molecule has 0 aromatic heterocycles. The number of hydrogen-bond donors (Lipinski definition) is 0. The number of ether oxygens (including phenoxy) is 1. The molecule has 0 amide bonds. The van der Waals surface area contributed by atoms with E-state index in [-0.39, 0.29) is 16.9 Å². The molecule has 4 heteroatoms. The lowest BCUT2D eigenvalue weighted by Crippen LogP contribution is -2.20. The summed E-state index contributed by atoms with van der Waals surface area (Å²) in [6.45, 7) is 3.59. The molecule has 0 radical (unpaired) electrons. The Balaban J connectivity index is 2.38. The third kappa shape index (κ3) is 3.43. The molecule has 116 valence electrons. The van der Waals surface area contributed by atoms with E-state index in [9.17, 15) is 5.26 Å². The van der Waals surface area contributed by atoms with Crippen molar-refractivity contribution in [3.05, 3.63) is 76.6 Å². The summed E-state index contributed by atoms with van der Waals surface area (Å²) in [5.41, 5.74) is 0.956. The van der Waals surface area contributed by atoms with E-state index in [2.05, 4.69) is 0 Å². The predicted molar refractivity (Wildman–Crippen MR) is 90.7 cm³/mol. The van der Waals surface area contributed by atoms with Gasteiger partial charge in [-0.15, -0.1) is 0 Å². The quantitative estimate of drug-likeness (QED) is 0.619. The second kappa shape index (κ2) is 7.14. The van der Waals surface area contributed by atoms with Crippen LogP contribution in [0.5, 0.6) is 0 Å². The van der Waals surface area contributed by atoms with Gasteiger partial charge < -0.3 is 4.74 Å². The molecule has 0 spiro atoms. The Hall–Kier alpha value is -3.55.